The van der Waals surface area contributed by atoms with Crippen LogP contribution >= 0.6 is 39.3 Å². The van der Waals surface area contributed by atoms with Gasteiger partial charge in [-0.3, -0.25) is 4.79 Å². The van der Waals surface area contributed by atoms with Crippen molar-refractivity contribution >= 4 is 62.1 Å². The van der Waals surface area contributed by atoms with E-state index in [1.54, 1.807) is 18.2 Å². The Balaban J connectivity index is 1.96. The number of carbonyl (C=O) groups excluding carboxylic acids is 1. The minimum atomic E-state index is -0.254. The maximum atomic E-state index is 12.5. The van der Waals surface area contributed by atoms with E-state index in [1.165, 1.54) is 18.9 Å². The molecule has 0 aromatic heterocycles. The number of benzene rings is 2. The molecule has 1 heterocycles. The Morgan fingerprint density at radius 1 is 1.41 bits per heavy atom. The van der Waals surface area contributed by atoms with Gasteiger partial charge in [0, 0.05) is 15.1 Å². The average molecular weight is 492 g/mol. The normalized spacial score (nSPS) is 16.0. The van der Waals surface area contributed by atoms with Crippen LogP contribution in [0.1, 0.15) is 11.1 Å². The Kier molecular flexibility index (Phi) is 6.91. The number of amides is 1. The topological polar surface area (TPSA) is 59.9 Å². The van der Waals surface area contributed by atoms with Gasteiger partial charge in [0.1, 0.15) is 6.61 Å². The maximum Gasteiger partial charge on any atom is 0.264 e. The number of aliphatic imine (C=N–C) groups is 1. The monoisotopic (exact) mass is 490 g/mol. The number of nitrogens with zero attached hydrogens (tertiary/aromatic N) is 1. The number of hydrogen-bond acceptors (Lipinski definition) is 5. The van der Waals surface area contributed by atoms with E-state index in [0.717, 1.165) is 10.0 Å². The minimum Gasteiger partial charge on any atom is -0.493 e. The fourth-order valence-corrected chi connectivity index (χ4v) is 4.01. The molecule has 2 aromatic rings. The van der Waals surface area contributed by atoms with E-state index in [9.17, 15) is 4.79 Å². The Hall–Kier alpha value is -2.40. The van der Waals surface area contributed by atoms with E-state index < -0.39 is 0 Å². The van der Waals surface area contributed by atoms with Crippen LogP contribution in [0.25, 0.3) is 6.08 Å². The zero-order valence-corrected chi connectivity index (χ0v) is 18.7. The standard InChI is InChI=1S/C21H16BrClN2O3S/c1-4-8-28-19-13(9-14(22)11-17(19)27-3)10-18-20(26)25-21(29-18)24-16-7-5-6-15(23)12(16)2/h1,5-7,9-11H,8H2,2-3H3,(H,24,25,26)/b18-10+. The van der Waals surface area contributed by atoms with E-state index in [2.05, 4.69) is 32.2 Å². The zero-order chi connectivity index (χ0) is 21.0. The van der Waals surface area contributed by atoms with Gasteiger partial charge in [-0.25, -0.2) is 4.99 Å². The van der Waals surface area contributed by atoms with E-state index >= 15 is 0 Å². The number of amidine groups is 1. The molecule has 1 amide bonds. The van der Waals surface area contributed by atoms with Crippen molar-refractivity contribution in [1.29, 1.82) is 0 Å². The Labute approximate surface area is 186 Å². The van der Waals surface area contributed by atoms with Crippen molar-refractivity contribution in [2.24, 2.45) is 4.99 Å². The Morgan fingerprint density at radius 3 is 2.93 bits per heavy atom. The van der Waals surface area contributed by atoms with Crippen LogP contribution in [-0.2, 0) is 4.79 Å². The number of methoxy groups -OCH3 is 1. The zero-order valence-electron chi connectivity index (χ0n) is 15.6. The van der Waals surface area contributed by atoms with Crippen molar-refractivity contribution in [2.45, 2.75) is 6.92 Å². The van der Waals surface area contributed by atoms with Gasteiger partial charge in [0.25, 0.3) is 5.91 Å². The Bertz CT molecular complexity index is 1080. The van der Waals surface area contributed by atoms with Gasteiger partial charge >= 0.3 is 0 Å². The summed E-state index contributed by atoms with van der Waals surface area (Å²) in [5.41, 5.74) is 2.20. The summed E-state index contributed by atoms with van der Waals surface area (Å²) >= 11 is 10.8. The fraction of sp³-hybridized carbons (Fsp3) is 0.143. The lowest BCUT2D eigenvalue weighted by Gasteiger charge is -2.12. The molecular formula is C21H16BrClN2O3S. The SMILES string of the molecule is C#CCOc1c(/C=C2/SC(=Nc3cccc(Cl)c3C)NC2=O)cc(Br)cc1OC. The van der Waals surface area contributed by atoms with E-state index in [-0.39, 0.29) is 12.5 Å². The molecule has 0 radical (unpaired) electrons. The van der Waals surface area contributed by atoms with Gasteiger partial charge in [-0.15, -0.1) is 6.42 Å². The number of ether oxygens (including phenoxy) is 2. The van der Waals surface area contributed by atoms with Crippen molar-refractivity contribution in [3.63, 3.8) is 0 Å². The lowest BCUT2D eigenvalue weighted by molar-refractivity contribution is -0.115. The van der Waals surface area contributed by atoms with Crippen LogP contribution in [-0.4, -0.2) is 24.8 Å². The van der Waals surface area contributed by atoms with Crippen molar-refractivity contribution in [1.82, 2.24) is 5.32 Å². The molecule has 1 N–H and O–H groups in total. The van der Waals surface area contributed by atoms with Gasteiger partial charge in [0.2, 0.25) is 0 Å². The van der Waals surface area contributed by atoms with Crippen LogP contribution in [0.5, 0.6) is 11.5 Å². The number of rotatable bonds is 5. The summed E-state index contributed by atoms with van der Waals surface area (Å²) in [6, 6.07) is 9.05. The van der Waals surface area contributed by atoms with Crippen LogP contribution in [0.2, 0.25) is 5.02 Å². The molecular weight excluding hydrogens is 476 g/mol. The lowest BCUT2D eigenvalue weighted by atomic mass is 10.1. The van der Waals surface area contributed by atoms with Crippen molar-refractivity contribution in [2.75, 3.05) is 13.7 Å². The Morgan fingerprint density at radius 2 is 2.21 bits per heavy atom. The number of halogens is 2. The summed E-state index contributed by atoms with van der Waals surface area (Å²) in [7, 11) is 1.54. The van der Waals surface area contributed by atoms with Crippen molar-refractivity contribution < 1.29 is 14.3 Å². The maximum absolute atomic E-state index is 12.5. The predicted molar refractivity (Wildman–Crippen MR) is 122 cm³/mol. The smallest absolute Gasteiger partial charge is 0.264 e. The molecule has 2 aromatic carbocycles. The highest BCUT2D eigenvalue weighted by Crippen LogP contribution is 2.38. The summed E-state index contributed by atoms with van der Waals surface area (Å²) in [6.45, 7) is 1.96. The summed E-state index contributed by atoms with van der Waals surface area (Å²) in [6.07, 6.45) is 7.03. The molecule has 0 unspecified atom stereocenters. The minimum absolute atomic E-state index is 0.0776. The molecule has 0 bridgehead atoms. The van der Waals surface area contributed by atoms with E-state index in [4.69, 9.17) is 27.5 Å². The largest absolute Gasteiger partial charge is 0.493 e. The number of terminal acetylenes is 1. The molecule has 3 rings (SSSR count). The molecule has 148 valence electrons. The second kappa shape index (κ2) is 9.40. The van der Waals surface area contributed by atoms with Crippen LogP contribution in [0, 0.1) is 19.3 Å². The number of hydrogen-bond donors (Lipinski definition) is 1. The molecule has 0 aliphatic carbocycles. The van der Waals surface area contributed by atoms with Crippen LogP contribution < -0.4 is 14.8 Å². The molecule has 29 heavy (non-hydrogen) atoms. The highest BCUT2D eigenvalue weighted by Gasteiger charge is 2.25. The summed E-state index contributed by atoms with van der Waals surface area (Å²) in [4.78, 5) is 17.5. The van der Waals surface area contributed by atoms with Gasteiger partial charge < -0.3 is 14.8 Å². The van der Waals surface area contributed by atoms with Crippen molar-refractivity contribution in [3.8, 4) is 23.8 Å². The molecule has 0 atom stereocenters. The van der Waals surface area contributed by atoms with Gasteiger partial charge in [-0.2, -0.15) is 0 Å². The van der Waals surface area contributed by atoms with E-state index in [1.807, 2.05) is 25.1 Å². The van der Waals surface area contributed by atoms with Gasteiger partial charge in [-0.1, -0.05) is 39.5 Å². The van der Waals surface area contributed by atoms with Gasteiger partial charge in [0.05, 0.1) is 17.7 Å². The highest BCUT2D eigenvalue weighted by molar-refractivity contribution is 9.10. The molecule has 1 saturated heterocycles. The third kappa shape index (κ3) is 4.96. The third-order valence-corrected chi connectivity index (χ3v) is 5.74. The summed E-state index contributed by atoms with van der Waals surface area (Å²) in [5.74, 6) is 3.15. The first-order valence-electron chi connectivity index (χ1n) is 8.41. The molecule has 8 heteroatoms. The van der Waals surface area contributed by atoms with E-state index in [0.29, 0.717) is 37.8 Å². The van der Waals surface area contributed by atoms with Crippen LogP contribution in [0.3, 0.4) is 0 Å². The molecule has 1 fully saturated rings. The second-order valence-electron chi connectivity index (χ2n) is 5.88. The van der Waals surface area contributed by atoms with Crippen LogP contribution in [0.15, 0.2) is 44.7 Å². The average Bonchev–Trinajstić information content (AvgIpc) is 3.03. The molecule has 1 aliphatic rings. The van der Waals surface area contributed by atoms with Crippen LogP contribution in [0.4, 0.5) is 5.69 Å². The first-order valence-corrected chi connectivity index (χ1v) is 10.4. The quantitative estimate of drug-likeness (QED) is 0.454. The molecule has 0 spiro atoms. The fourth-order valence-electron chi connectivity index (χ4n) is 2.56. The third-order valence-electron chi connectivity index (χ3n) is 3.97. The number of nitrogens with one attached hydrogen (secondary N) is 1. The van der Waals surface area contributed by atoms with Gasteiger partial charge in [0.15, 0.2) is 16.7 Å². The number of thioether (sulfide) groups is 1. The lowest BCUT2D eigenvalue weighted by Crippen LogP contribution is -2.19. The first kappa shape index (κ1) is 21.3. The number of carbonyl (C=O) groups is 1. The molecule has 0 saturated carbocycles. The second-order valence-corrected chi connectivity index (χ2v) is 8.24. The van der Waals surface area contributed by atoms with Crippen molar-refractivity contribution in [3.05, 3.63) is 55.9 Å². The summed E-state index contributed by atoms with van der Waals surface area (Å²) < 4.78 is 11.8. The summed E-state index contributed by atoms with van der Waals surface area (Å²) in [5, 5.41) is 3.86. The molecule has 1 aliphatic heterocycles. The van der Waals surface area contributed by atoms with Gasteiger partial charge in [-0.05, 0) is 54.6 Å². The predicted octanol–water partition coefficient (Wildman–Crippen LogP) is 5.32. The highest BCUT2D eigenvalue weighted by atomic mass is 79.9. The first-order chi connectivity index (χ1) is 13.9. The molecule has 5 nitrogen and oxygen atoms in total.